The summed E-state index contributed by atoms with van der Waals surface area (Å²) in [6, 6.07) is 0.477. The number of ether oxygens (including phenoxy) is 1. The Labute approximate surface area is 72.3 Å². The molecule has 3 heteroatoms. The predicted octanol–water partition coefficient (Wildman–Crippen LogP) is 1.41. The van der Waals surface area contributed by atoms with Gasteiger partial charge >= 0.3 is 0 Å². The summed E-state index contributed by atoms with van der Waals surface area (Å²) in [5, 5.41) is 4.31. The zero-order valence-electron chi connectivity index (χ0n) is 7.36. The molecule has 2 rings (SSSR count). The van der Waals surface area contributed by atoms with Gasteiger partial charge in [-0.05, 0) is 18.4 Å². The van der Waals surface area contributed by atoms with Crippen molar-refractivity contribution in [1.29, 1.82) is 0 Å². The zero-order chi connectivity index (χ0) is 8.39. The Balaban J connectivity index is 2.11. The van der Waals surface area contributed by atoms with Gasteiger partial charge in [0.1, 0.15) is 0 Å². The number of rotatable bonds is 2. The summed E-state index contributed by atoms with van der Waals surface area (Å²) >= 11 is 0. The second-order valence-electron chi connectivity index (χ2n) is 3.20. The number of aromatic nitrogens is 2. The van der Waals surface area contributed by atoms with E-state index in [0.29, 0.717) is 6.04 Å². The van der Waals surface area contributed by atoms with Gasteiger partial charge in [0.15, 0.2) is 0 Å². The van der Waals surface area contributed by atoms with Gasteiger partial charge in [0.2, 0.25) is 0 Å². The molecule has 0 amide bonds. The fraction of sp³-hybridized carbons (Fsp3) is 0.667. The molecule has 1 aromatic rings. The van der Waals surface area contributed by atoms with E-state index in [2.05, 4.69) is 18.2 Å². The second kappa shape index (κ2) is 3.27. The van der Waals surface area contributed by atoms with Crippen LogP contribution in [0.3, 0.4) is 0 Å². The van der Waals surface area contributed by atoms with E-state index in [9.17, 15) is 0 Å². The monoisotopic (exact) mass is 166 g/mol. The SMILES string of the molecule is CCc1cnn(C2CCOC2)c1. The minimum atomic E-state index is 0.477. The lowest BCUT2D eigenvalue weighted by Crippen LogP contribution is -2.08. The summed E-state index contributed by atoms with van der Waals surface area (Å²) in [6.45, 7) is 3.85. The number of aryl methyl sites for hydroxylation is 1. The third-order valence-corrected chi connectivity index (χ3v) is 2.34. The maximum Gasteiger partial charge on any atom is 0.0774 e. The van der Waals surface area contributed by atoms with Crippen LogP contribution in [0.2, 0.25) is 0 Å². The van der Waals surface area contributed by atoms with Gasteiger partial charge in [-0.15, -0.1) is 0 Å². The first-order chi connectivity index (χ1) is 5.90. The van der Waals surface area contributed by atoms with Gasteiger partial charge in [0.25, 0.3) is 0 Å². The zero-order valence-corrected chi connectivity index (χ0v) is 7.36. The van der Waals surface area contributed by atoms with Gasteiger partial charge in [0.05, 0.1) is 18.8 Å². The highest BCUT2D eigenvalue weighted by Gasteiger charge is 2.17. The minimum Gasteiger partial charge on any atom is -0.379 e. The molecule has 1 aromatic heterocycles. The highest BCUT2D eigenvalue weighted by molar-refractivity contribution is 5.03. The average Bonchev–Trinajstić information content (AvgIpc) is 2.75. The standard InChI is InChI=1S/C9H14N2O/c1-2-8-5-10-11(6-8)9-3-4-12-7-9/h5-6,9H,2-4,7H2,1H3. The van der Waals surface area contributed by atoms with Crippen LogP contribution in [0.1, 0.15) is 24.9 Å². The molecule has 0 spiro atoms. The number of hydrogen-bond acceptors (Lipinski definition) is 2. The first-order valence-electron chi connectivity index (χ1n) is 4.51. The summed E-state index contributed by atoms with van der Waals surface area (Å²) in [5.74, 6) is 0. The molecule has 0 aliphatic carbocycles. The molecule has 0 saturated carbocycles. The lowest BCUT2D eigenvalue weighted by atomic mass is 10.2. The van der Waals surface area contributed by atoms with Crippen LogP contribution in [0.4, 0.5) is 0 Å². The molecule has 1 aliphatic rings. The van der Waals surface area contributed by atoms with Gasteiger partial charge in [-0.2, -0.15) is 5.10 Å². The highest BCUT2D eigenvalue weighted by atomic mass is 16.5. The van der Waals surface area contributed by atoms with Crippen molar-refractivity contribution in [3.05, 3.63) is 18.0 Å². The lowest BCUT2D eigenvalue weighted by molar-refractivity contribution is 0.184. The molecule has 2 heterocycles. The third-order valence-electron chi connectivity index (χ3n) is 2.34. The van der Waals surface area contributed by atoms with E-state index in [1.54, 1.807) is 0 Å². The van der Waals surface area contributed by atoms with Gasteiger partial charge in [0, 0.05) is 12.8 Å². The topological polar surface area (TPSA) is 27.1 Å². The minimum absolute atomic E-state index is 0.477. The second-order valence-corrected chi connectivity index (χ2v) is 3.20. The van der Waals surface area contributed by atoms with E-state index in [1.807, 2.05) is 10.9 Å². The van der Waals surface area contributed by atoms with Crippen molar-refractivity contribution in [3.8, 4) is 0 Å². The smallest absolute Gasteiger partial charge is 0.0774 e. The Hall–Kier alpha value is -0.830. The van der Waals surface area contributed by atoms with Gasteiger partial charge in [-0.25, -0.2) is 0 Å². The predicted molar refractivity (Wildman–Crippen MR) is 46.1 cm³/mol. The van der Waals surface area contributed by atoms with E-state index < -0.39 is 0 Å². The van der Waals surface area contributed by atoms with Crippen LogP contribution in [0.25, 0.3) is 0 Å². The van der Waals surface area contributed by atoms with Gasteiger partial charge < -0.3 is 4.74 Å². The number of nitrogens with zero attached hydrogens (tertiary/aromatic N) is 2. The molecular weight excluding hydrogens is 152 g/mol. The van der Waals surface area contributed by atoms with Crippen molar-refractivity contribution in [3.63, 3.8) is 0 Å². The van der Waals surface area contributed by atoms with Crippen molar-refractivity contribution < 1.29 is 4.74 Å². The van der Waals surface area contributed by atoms with Crippen LogP contribution in [-0.2, 0) is 11.2 Å². The lowest BCUT2D eigenvalue weighted by Gasteiger charge is -2.06. The molecule has 1 saturated heterocycles. The molecule has 0 N–H and O–H groups in total. The first kappa shape index (κ1) is 7.80. The molecule has 1 fully saturated rings. The first-order valence-corrected chi connectivity index (χ1v) is 4.51. The molecule has 0 aromatic carbocycles. The van der Waals surface area contributed by atoms with Crippen molar-refractivity contribution in [1.82, 2.24) is 9.78 Å². The summed E-state index contributed by atoms with van der Waals surface area (Å²) < 4.78 is 7.33. The Bertz CT molecular complexity index is 251. The molecule has 0 radical (unpaired) electrons. The maximum atomic E-state index is 5.29. The highest BCUT2D eigenvalue weighted by Crippen LogP contribution is 2.17. The summed E-state index contributed by atoms with van der Waals surface area (Å²) in [7, 11) is 0. The Kier molecular flexibility index (Phi) is 2.13. The quantitative estimate of drug-likeness (QED) is 0.664. The Morgan fingerprint density at radius 2 is 2.67 bits per heavy atom. The van der Waals surface area contributed by atoms with Crippen LogP contribution in [0, 0.1) is 0 Å². The van der Waals surface area contributed by atoms with E-state index in [4.69, 9.17) is 4.74 Å². The van der Waals surface area contributed by atoms with Crippen LogP contribution >= 0.6 is 0 Å². The Morgan fingerprint density at radius 3 is 3.25 bits per heavy atom. The summed E-state index contributed by atoms with van der Waals surface area (Å²) in [6.07, 6.45) is 6.23. The van der Waals surface area contributed by atoms with E-state index >= 15 is 0 Å². The summed E-state index contributed by atoms with van der Waals surface area (Å²) in [4.78, 5) is 0. The summed E-state index contributed by atoms with van der Waals surface area (Å²) in [5.41, 5.74) is 1.31. The van der Waals surface area contributed by atoms with Crippen molar-refractivity contribution in [2.45, 2.75) is 25.8 Å². The fourth-order valence-electron chi connectivity index (χ4n) is 1.49. The maximum absolute atomic E-state index is 5.29. The van der Waals surface area contributed by atoms with Gasteiger partial charge in [-0.1, -0.05) is 6.92 Å². The van der Waals surface area contributed by atoms with Crippen LogP contribution in [0.15, 0.2) is 12.4 Å². The van der Waals surface area contributed by atoms with Crippen molar-refractivity contribution >= 4 is 0 Å². The molecule has 1 unspecified atom stereocenters. The van der Waals surface area contributed by atoms with Gasteiger partial charge in [-0.3, -0.25) is 4.68 Å². The number of hydrogen-bond donors (Lipinski definition) is 0. The molecule has 1 atom stereocenters. The van der Waals surface area contributed by atoms with E-state index in [-0.39, 0.29) is 0 Å². The van der Waals surface area contributed by atoms with Crippen LogP contribution in [0.5, 0.6) is 0 Å². The van der Waals surface area contributed by atoms with Crippen LogP contribution < -0.4 is 0 Å². The largest absolute Gasteiger partial charge is 0.379 e. The Morgan fingerprint density at radius 1 is 1.75 bits per heavy atom. The van der Waals surface area contributed by atoms with E-state index in [0.717, 1.165) is 26.1 Å². The molecule has 3 nitrogen and oxygen atoms in total. The van der Waals surface area contributed by atoms with Crippen molar-refractivity contribution in [2.75, 3.05) is 13.2 Å². The molecule has 1 aliphatic heterocycles. The van der Waals surface area contributed by atoms with Crippen molar-refractivity contribution in [2.24, 2.45) is 0 Å². The molecule has 12 heavy (non-hydrogen) atoms. The molecular formula is C9H14N2O. The normalized spacial score (nSPS) is 23.2. The fourth-order valence-corrected chi connectivity index (χ4v) is 1.49. The molecule has 66 valence electrons. The van der Waals surface area contributed by atoms with E-state index in [1.165, 1.54) is 5.56 Å². The van der Waals surface area contributed by atoms with Crippen LogP contribution in [-0.4, -0.2) is 23.0 Å². The molecule has 0 bridgehead atoms. The average molecular weight is 166 g/mol. The third kappa shape index (κ3) is 1.37.